The molecule has 0 aliphatic carbocycles. The van der Waals surface area contributed by atoms with Gasteiger partial charge in [0.1, 0.15) is 6.61 Å². The summed E-state index contributed by atoms with van der Waals surface area (Å²) >= 11 is 0. The average molecular weight is 746 g/mol. The summed E-state index contributed by atoms with van der Waals surface area (Å²) < 4.78 is 15.8. The molecule has 1 unspecified atom stereocenters. The number of ether oxygens (including phenoxy) is 3. The van der Waals surface area contributed by atoms with Crippen molar-refractivity contribution in [2.24, 2.45) is 0 Å². The number of esters is 2. The second-order valence-corrected chi connectivity index (χ2v) is 14.0. The molecule has 0 saturated heterocycles. The van der Waals surface area contributed by atoms with Gasteiger partial charge >= 0.3 is 18.0 Å². The van der Waals surface area contributed by atoms with Gasteiger partial charge in [-0.2, -0.15) is 0 Å². The number of hydrogen-bond acceptors (Lipinski definition) is 7. The molecule has 0 rings (SSSR count). The van der Waals surface area contributed by atoms with E-state index >= 15 is 0 Å². The van der Waals surface area contributed by atoms with Crippen LogP contribution in [0.15, 0.2) is 48.6 Å². The second kappa shape index (κ2) is 41.9. The van der Waals surface area contributed by atoms with Crippen molar-refractivity contribution in [2.45, 2.75) is 193 Å². The number of nitrogens with one attached hydrogen (secondary N) is 1. The van der Waals surface area contributed by atoms with Gasteiger partial charge in [-0.15, -0.1) is 0 Å². The van der Waals surface area contributed by atoms with Gasteiger partial charge in [0.25, 0.3) is 0 Å². The maximum absolute atomic E-state index is 12.3. The molecule has 306 valence electrons. The molecule has 0 fully saturated rings. The Morgan fingerprint density at radius 1 is 0.491 bits per heavy atom. The second-order valence-electron chi connectivity index (χ2n) is 14.0. The molecule has 0 aliphatic rings. The molecule has 0 aromatic heterocycles. The SMILES string of the molecule is CCCCC/C=C\C/C=C\CCCCCCCC(=O)OCCCC(CCOC(=O)CCCCCCC/C=C\C/C=C\CCCCC)NC(=O)OCCO. The van der Waals surface area contributed by atoms with Gasteiger partial charge in [-0.3, -0.25) is 9.59 Å². The quantitative estimate of drug-likeness (QED) is 0.0280. The van der Waals surface area contributed by atoms with Crippen LogP contribution < -0.4 is 5.32 Å². The van der Waals surface area contributed by atoms with Crippen LogP contribution in [0.25, 0.3) is 0 Å². The van der Waals surface area contributed by atoms with Gasteiger partial charge in [-0.25, -0.2) is 4.79 Å². The third-order valence-corrected chi connectivity index (χ3v) is 9.00. The van der Waals surface area contributed by atoms with Crippen molar-refractivity contribution in [3.8, 4) is 0 Å². The van der Waals surface area contributed by atoms with Gasteiger partial charge in [0, 0.05) is 25.3 Å². The largest absolute Gasteiger partial charge is 0.466 e. The highest BCUT2D eigenvalue weighted by atomic mass is 16.6. The highest BCUT2D eigenvalue weighted by Crippen LogP contribution is 2.12. The lowest BCUT2D eigenvalue weighted by molar-refractivity contribution is -0.145. The van der Waals surface area contributed by atoms with E-state index < -0.39 is 6.09 Å². The summed E-state index contributed by atoms with van der Waals surface area (Å²) in [5.74, 6) is -0.413. The van der Waals surface area contributed by atoms with Gasteiger partial charge in [-0.05, 0) is 89.9 Å². The zero-order chi connectivity index (χ0) is 38.7. The van der Waals surface area contributed by atoms with Crippen LogP contribution >= 0.6 is 0 Å². The normalized spacial score (nSPS) is 12.4. The topological polar surface area (TPSA) is 111 Å². The predicted molar refractivity (Wildman–Crippen MR) is 220 cm³/mol. The van der Waals surface area contributed by atoms with Crippen molar-refractivity contribution in [3.05, 3.63) is 48.6 Å². The number of aliphatic hydroxyl groups is 1. The van der Waals surface area contributed by atoms with Crippen LogP contribution in [0.3, 0.4) is 0 Å². The molecule has 0 radical (unpaired) electrons. The minimum absolute atomic E-state index is 0.0904. The van der Waals surface area contributed by atoms with Crippen LogP contribution in [-0.4, -0.2) is 55.6 Å². The number of hydrogen-bond donors (Lipinski definition) is 2. The molecule has 8 nitrogen and oxygen atoms in total. The van der Waals surface area contributed by atoms with Gasteiger partial charge in [0.05, 0.1) is 19.8 Å². The smallest absolute Gasteiger partial charge is 0.407 e. The third-order valence-electron chi connectivity index (χ3n) is 9.00. The van der Waals surface area contributed by atoms with Crippen LogP contribution in [0.4, 0.5) is 4.79 Å². The maximum atomic E-state index is 12.3. The Bertz CT molecular complexity index is 958. The monoisotopic (exact) mass is 746 g/mol. The Hall–Kier alpha value is -2.87. The first-order chi connectivity index (χ1) is 26.0. The van der Waals surface area contributed by atoms with E-state index in [-0.39, 0.29) is 44.4 Å². The Balaban J connectivity index is 4.00. The van der Waals surface area contributed by atoms with Gasteiger partial charge in [0.2, 0.25) is 0 Å². The summed E-state index contributed by atoms with van der Waals surface area (Å²) in [6.45, 7) is 4.58. The van der Waals surface area contributed by atoms with E-state index in [1.807, 2.05) is 0 Å². The number of unbranched alkanes of at least 4 members (excludes halogenated alkanes) is 16. The highest BCUT2D eigenvalue weighted by molar-refractivity contribution is 5.69. The van der Waals surface area contributed by atoms with E-state index in [1.165, 1.54) is 70.6 Å². The Kier molecular flexibility index (Phi) is 39.6. The molecule has 0 aromatic rings. The van der Waals surface area contributed by atoms with Crippen molar-refractivity contribution >= 4 is 18.0 Å². The zero-order valence-electron chi connectivity index (χ0n) is 34.0. The molecular formula is C45H79NO7. The van der Waals surface area contributed by atoms with Crippen LogP contribution in [-0.2, 0) is 23.8 Å². The van der Waals surface area contributed by atoms with Gasteiger partial charge < -0.3 is 24.6 Å². The molecule has 2 N–H and O–H groups in total. The zero-order valence-corrected chi connectivity index (χ0v) is 34.0. The summed E-state index contributed by atoms with van der Waals surface area (Å²) in [5.41, 5.74) is 0. The van der Waals surface area contributed by atoms with E-state index in [1.54, 1.807) is 0 Å². The molecule has 0 aliphatic heterocycles. The molecule has 0 aromatic carbocycles. The number of alkyl carbamates (subject to hydrolysis) is 1. The fourth-order valence-electron chi connectivity index (χ4n) is 5.77. The molecule has 0 spiro atoms. The molecule has 0 bridgehead atoms. The molecule has 0 heterocycles. The number of carbonyl (C=O) groups excluding carboxylic acids is 3. The van der Waals surface area contributed by atoms with E-state index in [9.17, 15) is 14.4 Å². The number of carbonyl (C=O) groups is 3. The fraction of sp³-hybridized carbons (Fsp3) is 0.756. The molecular weight excluding hydrogens is 666 g/mol. The summed E-state index contributed by atoms with van der Waals surface area (Å²) in [4.78, 5) is 36.6. The van der Waals surface area contributed by atoms with Crippen molar-refractivity contribution in [1.82, 2.24) is 5.32 Å². The maximum Gasteiger partial charge on any atom is 0.407 e. The average Bonchev–Trinajstić information content (AvgIpc) is 3.15. The third kappa shape index (κ3) is 40.2. The predicted octanol–water partition coefficient (Wildman–Crippen LogP) is 12.0. The first-order valence-electron chi connectivity index (χ1n) is 21.5. The van der Waals surface area contributed by atoms with Crippen LogP contribution in [0.1, 0.15) is 187 Å². The summed E-state index contributed by atoms with van der Waals surface area (Å²) in [7, 11) is 0. The molecule has 8 heteroatoms. The van der Waals surface area contributed by atoms with Crippen LogP contribution in [0.2, 0.25) is 0 Å². The number of amides is 1. The van der Waals surface area contributed by atoms with Crippen molar-refractivity contribution < 1.29 is 33.7 Å². The lowest BCUT2D eigenvalue weighted by Crippen LogP contribution is -2.37. The molecule has 0 saturated carbocycles. The summed E-state index contributed by atoms with van der Waals surface area (Å²) in [5, 5.41) is 11.7. The highest BCUT2D eigenvalue weighted by Gasteiger charge is 2.15. The molecule has 53 heavy (non-hydrogen) atoms. The Morgan fingerprint density at radius 3 is 1.40 bits per heavy atom. The first-order valence-corrected chi connectivity index (χ1v) is 21.5. The summed E-state index contributed by atoms with van der Waals surface area (Å²) in [6, 6.07) is -0.301. The Morgan fingerprint density at radius 2 is 0.925 bits per heavy atom. The number of rotatable bonds is 38. The van der Waals surface area contributed by atoms with E-state index in [4.69, 9.17) is 19.3 Å². The Labute approximate surface area is 324 Å². The fourth-order valence-corrected chi connectivity index (χ4v) is 5.77. The van der Waals surface area contributed by atoms with Gasteiger partial charge in [0.15, 0.2) is 0 Å². The number of allylic oxidation sites excluding steroid dienone is 8. The van der Waals surface area contributed by atoms with E-state index in [0.29, 0.717) is 32.1 Å². The van der Waals surface area contributed by atoms with E-state index in [2.05, 4.69) is 67.8 Å². The standard InChI is InChI=1S/C45H79NO7/c1-3-5-7-9-11-13-15-17-19-21-23-25-27-29-31-35-43(48)51-39-33-34-42(46-45(50)53-41-38-47)37-40-52-44(49)36-32-30-28-26-24-22-20-18-16-14-12-10-8-6-4-2/h11-14,17-20,42,47H,3-10,15-16,21-41H2,1-2H3,(H,46,50)/b13-11-,14-12-,19-17-,20-18-. The van der Waals surface area contributed by atoms with Gasteiger partial charge in [-0.1, -0.05) is 127 Å². The summed E-state index contributed by atoms with van der Waals surface area (Å²) in [6.07, 6.45) is 44.9. The van der Waals surface area contributed by atoms with Crippen LogP contribution in [0.5, 0.6) is 0 Å². The van der Waals surface area contributed by atoms with Crippen LogP contribution in [0, 0.1) is 0 Å². The van der Waals surface area contributed by atoms with E-state index in [0.717, 1.165) is 70.6 Å². The molecule has 1 atom stereocenters. The number of aliphatic hydroxyl groups excluding tert-OH is 1. The lowest BCUT2D eigenvalue weighted by Gasteiger charge is -2.18. The minimum Gasteiger partial charge on any atom is -0.466 e. The van der Waals surface area contributed by atoms with Crippen molar-refractivity contribution in [1.29, 1.82) is 0 Å². The van der Waals surface area contributed by atoms with Crippen molar-refractivity contribution in [2.75, 3.05) is 26.4 Å². The first kappa shape index (κ1) is 50.1. The van der Waals surface area contributed by atoms with Crippen molar-refractivity contribution in [3.63, 3.8) is 0 Å². The molecule has 1 amide bonds. The lowest BCUT2D eigenvalue weighted by atomic mass is 10.1. The minimum atomic E-state index is -0.626.